The van der Waals surface area contributed by atoms with Crippen molar-refractivity contribution in [1.82, 2.24) is 9.88 Å². The number of nitrogens with zero attached hydrogens (tertiary/aromatic N) is 3. The van der Waals surface area contributed by atoms with E-state index in [1.165, 1.54) is 23.3 Å². The molecule has 134 valence electrons. The van der Waals surface area contributed by atoms with Gasteiger partial charge in [0.05, 0.1) is 18.3 Å². The van der Waals surface area contributed by atoms with Gasteiger partial charge in [0.2, 0.25) is 0 Å². The molecule has 1 atom stereocenters. The van der Waals surface area contributed by atoms with Crippen molar-refractivity contribution in [2.24, 2.45) is 0 Å². The quantitative estimate of drug-likeness (QED) is 0.820. The number of hydrogen-bond acceptors (Lipinski definition) is 6. The number of carboxylic acid groups (broad SMARTS) is 1. The van der Waals surface area contributed by atoms with E-state index in [1.54, 1.807) is 0 Å². The smallest absolute Gasteiger partial charge is 0.407 e. The first kappa shape index (κ1) is 17.3. The minimum atomic E-state index is -0.957. The van der Waals surface area contributed by atoms with Crippen molar-refractivity contribution >= 4 is 28.2 Å². The van der Waals surface area contributed by atoms with Crippen LogP contribution in [0.4, 0.5) is 15.6 Å². The second-order valence-corrected chi connectivity index (χ2v) is 6.90. The maximum atomic E-state index is 10.7. The van der Waals surface area contributed by atoms with Gasteiger partial charge in [0.15, 0.2) is 5.13 Å². The maximum Gasteiger partial charge on any atom is 0.407 e. The zero-order valence-corrected chi connectivity index (χ0v) is 14.9. The van der Waals surface area contributed by atoms with Crippen LogP contribution >= 0.6 is 11.3 Å². The summed E-state index contributed by atoms with van der Waals surface area (Å²) in [5, 5.41) is 11.5. The highest BCUT2D eigenvalue weighted by Gasteiger charge is 2.28. The van der Waals surface area contributed by atoms with Crippen LogP contribution in [0.2, 0.25) is 0 Å². The average Bonchev–Trinajstić information content (AvgIpc) is 3.24. The van der Waals surface area contributed by atoms with E-state index in [9.17, 15) is 4.79 Å². The lowest BCUT2D eigenvalue weighted by Gasteiger charge is -2.25. The van der Waals surface area contributed by atoms with Crippen LogP contribution in [0, 0.1) is 0 Å². The number of rotatable bonds is 6. The summed E-state index contributed by atoms with van der Waals surface area (Å²) in [6, 6.07) is 8.17. The second-order valence-electron chi connectivity index (χ2n) is 6.01. The molecular weight excluding hydrogens is 340 g/mol. The molecule has 1 unspecified atom stereocenters. The standard InChI is InChI=1S/C17H22N4O3S/c1-20(17(22)23)9-10-24-13-6-4-12(5-7-13)21-8-2-3-15(21)14-11-25-16(18)19-14/h4-7,11,15H,2-3,8-10H2,1H3,(H2,18,19)(H,22,23). The van der Waals surface area contributed by atoms with Gasteiger partial charge in [0.1, 0.15) is 12.4 Å². The van der Waals surface area contributed by atoms with Crippen LogP contribution < -0.4 is 15.4 Å². The Labute approximate surface area is 150 Å². The van der Waals surface area contributed by atoms with Gasteiger partial charge in [-0.25, -0.2) is 9.78 Å². The van der Waals surface area contributed by atoms with Crippen LogP contribution in [0.15, 0.2) is 29.6 Å². The molecule has 0 bridgehead atoms. The molecule has 3 rings (SSSR count). The van der Waals surface area contributed by atoms with Gasteiger partial charge in [0.25, 0.3) is 0 Å². The number of thiazole rings is 1. The molecule has 1 aliphatic rings. The van der Waals surface area contributed by atoms with Crippen molar-refractivity contribution in [3.05, 3.63) is 35.3 Å². The van der Waals surface area contributed by atoms with Crippen LogP contribution in [0.5, 0.6) is 5.75 Å². The first-order valence-electron chi connectivity index (χ1n) is 8.19. The molecule has 0 radical (unpaired) electrons. The normalized spacial score (nSPS) is 16.8. The van der Waals surface area contributed by atoms with Crippen LogP contribution in [0.3, 0.4) is 0 Å². The van der Waals surface area contributed by atoms with Crippen molar-refractivity contribution in [2.75, 3.05) is 37.4 Å². The van der Waals surface area contributed by atoms with Gasteiger partial charge in [-0.2, -0.15) is 0 Å². The molecule has 3 N–H and O–H groups in total. The molecule has 1 amide bonds. The molecule has 7 nitrogen and oxygen atoms in total. The molecule has 1 aromatic carbocycles. The fraction of sp³-hybridized carbons (Fsp3) is 0.412. The van der Waals surface area contributed by atoms with Gasteiger partial charge in [0, 0.05) is 24.7 Å². The monoisotopic (exact) mass is 362 g/mol. The molecule has 1 fully saturated rings. The summed E-state index contributed by atoms with van der Waals surface area (Å²) < 4.78 is 5.61. The zero-order valence-electron chi connectivity index (χ0n) is 14.1. The topological polar surface area (TPSA) is 91.9 Å². The first-order valence-corrected chi connectivity index (χ1v) is 9.07. The third kappa shape index (κ3) is 4.14. The van der Waals surface area contributed by atoms with E-state index in [0.717, 1.165) is 36.5 Å². The summed E-state index contributed by atoms with van der Waals surface area (Å²) in [5.41, 5.74) is 7.94. The zero-order chi connectivity index (χ0) is 17.8. The van der Waals surface area contributed by atoms with Crippen molar-refractivity contribution in [3.8, 4) is 5.75 Å². The Hall–Kier alpha value is -2.48. The van der Waals surface area contributed by atoms with Gasteiger partial charge in [-0.3, -0.25) is 0 Å². The number of ether oxygens (including phenoxy) is 1. The number of aromatic nitrogens is 1. The molecule has 2 aromatic rings. The van der Waals surface area contributed by atoms with E-state index in [4.69, 9.17) is 15.6 Å². The largest absolute Gasteiger partial charge is 0.492 e. The Morgan fingerprint density at radius 1 is 1.48 bits per heavy atom. The number of benzene rings is 1. The van der Waals surface area contributed by atoms with Gasteiger partial charge < -0.3 is 25.4 Å². The average molecular weight is 362 g/mol. The van der Waals surface area contributed by atoms with Crippen molar-refractivity contribution < 1.29 is 14.6 Å². The Bertz CT molecular complexity index is 719. The fourth-order valence-electron chi connectivity index (χ4n) is 2.97. The van der Waals surface area contributed by atoms with Gasteiger partial charge in [-0.15, -0.1) is 11.3 Å². The van der Waals surface area contributed by atoms with Crippen LogP contribution in [0.25, 0.3) is 0 Å². The van der Waals surface area contributed by atoms with Gasteiger partial charge >= 0.3 is 6.09 Å². The molecule has 0 aliphatic carbocycles. The van der Waals surface area contributed by atoms with E-state index >= 15 is 0 Å². The minimum absolute atomic E-state index is 0.268. The van der Waals surface area contributed by atoms with E-state index < -0.39 is 6.09 Å². The van der Waals surface area contributed by atoms with E-state index in [2.05, 4.69) is 9.88 Å². The molecule has 1 aliphatic heterocycles. The minimum Gasteiger partial charge on any atom is -0.492 e. The lowest BCUT2D eigenvalue weighted by Crippen LogP contribution is -2.29. The Morgan fingerprint density at radius 2 is 2.24 bits per heavy atom. The van der Waals surface area contributed by atoms with E-state index in [0.29, 0.717) is 18.3 Å². The van der Waals surface area contributed by atoms with Crippen molar-refractivity contribution in [3.63, 3.8) is 0 Å². The Kier molecular flexibility index (Phi) is 5.28. The number of nitrogen functional groups attached to an aromatic ring is 1. The third-order valence-electron chi connectivity index (χ3n) is 4.32. The highest BCUT2D eigenvalue weighted by Crippen LogP contribution is 2.37. The van der Waals surface area contributed by atoms with E-state index in [1.807, 2.05) is 29.6 Å². The van der Waals surface area contributed by atoms with Crippen LogP contribution in [-0.4, -0.2) is 47.8 Å². The molecule has 1 saturated heterocycles. The summed E-state index contributed by atoms with van der Waals surface area (Å²) in [6.45, 7) is 1.65. The third-order valence-corrected chi connectivity index (χ3v) is 5.02. The fourth-order valence-corrected chi connectivity index (χ4v) is 3.58. The summed E-state index contributed by atoms with van der Waals surface area (Å²) in [7, 11) is 1.52. The van der Waals surface area contributed by atoms with Gasteiger partial charge in [-0.05, 0) is 37.1 Å². The predicted molar refractivity (Wildman–Crippen MR) is 98.4 cm³/mol. The molecule has 0 saturated carbocycles. The molecule has 0 spiro atoms. The number of anilines is 2. The molecule has 2 heterocycles. The van der Waals surface area contributed by atoms with Crippen LogP contribution in [0.1, 0.15) is 24.6 Å². The van der Waals surface area contributed by atoms with Gasteiger partial charge in [-0.1, -0.05) is 0 Å². The number of nitrogens with two attached hydrogens (primary N) is 1. The lowest BCUT2D eigenvalue weighted by atomic mass is 10.1. The number of likely N-dealkylation sites (N-methyl/N-ethyl adjacent to an activating group) is 1. The maximum absolute atomic E-state index is 10.7. The summed E-state index contributed by atoms with van der Waals surface area (Å²) in [4.78, 5) is 18.7. The second kappa shape index (κ2) is 7.60. The highest BCUT2D eigenvalue weighted by atomic mass is 32.1. The van der Waals surface area contributed by atoms with Crippen molar-refractivity contribution in [1.29, 1.82) is 0 Å². The molecule has 25 heavy (non-hydrogen) atoms. The molecule has 1 aromatic heterocycles. The summed E-state index contributed by atoms with van der Waals surface area (Å²) in [5.74, 6) is 0.733. The summed E-state index contributed by atoms with van der Waals surface area (Å²) in [6.07, 6.45) is 1.24. The molecular formula is C17H22N4O3S. The van der Waals surface area contributed by atoms with Crippen LogP contribution in [-0.2, 0) is 0 Å². The lowest BCUT2D eigenvalue weighted by molar-refractivity contribution is 0.147. The highest BCUT2D eigenvalue weighted by molar-refractivity contribution is 7.13. The number of carbonyl (C=O) groups is 1. The SMILES string of the molecule is CN(CCOc1ccc(N2CCCC2c2csc(N)n2)cc1)C(=O)O. The summed E-state index contributed by atoms with van der Waals surface area (Å²) >= 11 is 1.48. The number of hydrogen-bond donors (Lipinski definition) is 2. The molecule has 8 heteroatoms. The predicted octanol–water partition coefficient (Wildman–Crippen LogP) is 3.06. The Balaban J connectivity index is 1.60. The van der Waals surface area contributed by atoms with Crippen molar-refractivity contribution in [2.45, 2.75) is 18.9 Å². The number of amides is 1. The van der Waals surface area contributed by atoms with E-state index in [-0.39, 0.29) is 6.04 Å². The first-order chi connectivity index (χ1) is 12.0. The Morgan fingerprint density at radius 3 is 2.88 bits per heavy atom.